The van der Waals surface area contributed by atoms with Crippen LogP contribution in [0.4, 0.5) is 5.69 Å². The molecule has 0 saturated heterocycles. The maximum absolute atomic E-state index is 11.9. The van der Waals surface area contributed by atoms with E-state index in [9.17, 15) is 4.79 Å². The molecule has 2 heterocycles. The summed E-state index contributed by atoms with van der Waals surface area (Å²) < 4.78 is 0. The number of rotatable bonds is 4. The molecule has 3 N–H and O–H groups in total. The van der Waals surface area contributed by atoms with Gasteiger partial charge in [-0.1, -0.05) is 0 Å². The Morgan fingerprint density at radius 1 is 1.39 bits per heavy atom. The summed E-state index contributed by atoms with van der Waals surface area (Å²) in [7, 11) is 1.80. The molecule has 18 heavy (non-hydrogen) atoms. The Balaban J connectivity index is 2.03. The van der Waals surface area contributed by atoms with Gasteiger partial charge in [-0.2, -0.15) is 5.10 Å². The van der Waals surface area contributed by atoms with E-state index in [1.807, 2.05) is 13.0 Å². The Hall–Kier alpha value is -2.37. The normalized spacial score (nSPS) is 11.9. The largest absolute Gasteiger partial charge is 0.387 e. The molecule has 0 spiro atoms. The van der Waals surface area contributed by atoms with Gasteiger partial charge in [-0.25, -0.2) is 4.98 Å². The quantitative estimate of drug-likeness (QED) is 0.759. The molecule has 0 aliphatic heterocycles. The summed E-state index contributed by atoms with van der Waals surface area (Å²) in [6.45, 7) is 1.89. The van der Waals surface area contributed by atoms with E-state index >= 15 is 0 Å². The van der Waals surface area contributed by atoms with Crippen LogP contribution in [0.25, 0.3) is 0 Å². The highest BCUT2D eigenvalue weighted by atomic mass is 16.1. The highest BCUT2D eigenvalue weighted by Gasteiger charge is 2.12. The fraction of sp³-hybridized carbons (Fsp3) is 0.250. The Morgan fingerprint density at radius 3 is 2.78 bits per heavy atom. The van der Waals surface area contributed by atoms with Crippen molar-refractivity contribution in [1.29, 1.82) is 0 Å². The number of carbonyl (C=O) groups excluding carboxylic acids is 1. The van der Waals surface area contributed by atoms with Crippen LogP contribution in [0.3, 0.4) is 0 Å². The molecule has 1 unspecified atom stereocenters. The lowest BCUT2D eigenvalue weighted by Gasteiger charge is -2.11. The summed E-state index contributed by atoms with van der Waals surface area (Å²) in [6.07, 6.45) is 5.06. The van der Waals surface area contributed by atoms with Crippen molar-refractivity contribution >= 4 is 11.6 Å². The van der Waals surface area contributed by atoms with Gasteiger partial charge in [-0.15, -0.1) is 0 Å². The van der Waals surface area contributed by atoms with E-state index in [1.54, 1.807) is 31.7 Å². The fourth-order valence-corrected chi connectivity index (χ4v) is 1.53. The van der Waals surface area contributed by atoms with Crippen molar-refractivity contribution in [3.63, 3.8) is 0 Å². The van der Waals surface area contributed by atoms with Crippen LogP contribution in [0, 0.1) is 0 Å². The van der Waals surface area contributed by atoms with Gasteiger partial charge in [0.2, 0.25) is 0 Å². The van der Waals surface area contributed by atoms with Crippen LogP contribution in [-0.4, -0.2) is 28.1 Å². The van der Waals surface area contributed by atoms with E-state index in [1.165, 1.54) is 0 Å². The van der Waals surface area contributed by atoms with Crippen LogP contribution in [0.2, 0.25) is 0 Å². The molecule has 0 fully saturated rings. The molecular weight excluding hydrogens is 230 g/mol. The van der Waals surface area contributed by atoms with E-state index in [0.717, 1.165) is 11.3 Å². The third-order valence-electron chi connectivity index (χ3n) is 2.65. The van der Waals surface area contributed by atoms with Gasteiger partial charge in [0, 0.05) is 18.8 Å². The smallest absolute Gasteiger partial charge is 0.270 e. The first-order valence-electron chi connectivity index (χ1n) is 5.64. The lowest BCUT2D eigenvalue weighted by atomic mass is 10.2. The SMILES string of the molecule is CNc1ccc(C(=O)NC(C)c2cn[nH]c2)nc1. The van der Waals surface area contributed by atoms with Crippen LogP contribution in [0.1, 0.15) is 29.0 Å². The van der Waals surface area contributed by atoms with Gasteiger partial charge in [0.1, 0.15) is 5.69 Å². The minimum absolute atomic E-state index is 0.109. The number of aromatic nitrogens is 3. The first kappa shape index (κ1) is 12.1. The van der Waals surface area contributed by atoms with Crippen molar-refractivity contribution < 1.29 is 4.79 Å². The second-order valence-electron chi connectivity index (χ2n) is 3.91. The molecule has 2 aromatic heterocycles. The lowest BCUT2D eigenvalue weighted by Crippen LogP contribution is -2.27. The van der Waals surface area contributed by atoms with E-state index in [-0.39, 0.29) is 11.9 Å². The zero-order valence-corrected chi connectivity index (χ0v) is 10.3. The molecule has 2 rings (SSSR count). The van der Waals surface area contributed by atoms with Crippen molar-refractivity contribution in [2.75, 3.05) is 12.4 Å². The fourth-order valence-electron chi connectivity index (χ4n) is 1.53. The summed E-state index contributed by atoms with van der Waals surface area (Å²) in [5.41, 5.74) is 2.19. The van der Waals surface area contributed by atoms with Gasteiger partial charge in [-0.3, -0.25) is 9.89 Å². The molecule has 0 bridgehead atoms. The molecule has 6 nitrogen and oxygen atoms in total. The van der Waals surface area contributed by atoms with E-state index < -0.39 is 0 Å². The van der Waals surface area contributed by atoms with Crippen LogP contribution in [0.5, 0.6) is 0 Å². The number of carbonyl (C=O) groups is 1. The number of nitrogens with one attached hydrogen (secondary N) is 3. The maximum Gasteiger partial charge on any atom is 0.270 e. The van der Waals surface area contributed by atoms with Gasteiger partial charge in [0.15, 0.2) is 0 Å². The van der Waals surface area contributed by atoms with Gasteiger partial charge in [-0.05, 0) is 19.1 Å². The second kappa shape index (κ2) is 5.31. The average Bonchev–Trinajstić information content (AvgIpc) is 2.92. The molecule has 0 aliphatic carbocycles. The molecule has 2 aromatic rings. The number of nitrogens with zero attached hydrogens (tertiary/aromatic N) is 2. The zero-order valence-electron chi connectivity index (χ0n) is 10.3. The van der Waals surface area contributed by atoms with Gasteiger partial charge in [0.05, 0.1) is 24.1 Å². The Labute approximate surface area is 105 Å². The van der Waals surface area contributed by atoms with Crippen molar-refractivity contribution in [2.24, 2.45) is 0 Å². The van der Waals surface area contributed by atoms with Crippen molar-refractivity contribution in [1.82, 2.24) is 20.5 Å². The van der Waals surface area contributed by atoms with E-state index in [4.69, 9.17) is 0 Å². The molecule has 1 atom stereocenters. The second-order valence-corrected chi connectivity index (χ2v) is 3.91. The number of amides is 1. The number of hydrogen-bond acceptors (Lipinski definition) is 4. The van der Waals surface area contributed by atoms with Crippen molar-refractivity contribution in [3.8, 4) is 0 Å². The minimum atomic E-state index is -0.202. The molecule has 94 valence electrons. The summed E-state index contributed by atoms with van der Waals surface area (Å²) in [4.78, 5) is 16.0. The van der Waals surface area contributed by atoms with Crippen molar-refractivity contribution in [3.05, 3.63) is 42.0 Å². The first-order valence-corrected chi connectivity index (χ1v) is 5.64. The number of H-pyrrole nitrogens is 1. The number of aromatic amines is 1. The molecule has 0 aliphatic rings. The third kappa shape index (κ3) is 2.65. The summed E-state index contributed by atoms with van der Waals surface area (Å²) in [6, 6.07) is 3.38. The Morgan fingerprint density at radius 2 is 2.22 bits per heavy atom. The van der Waals surface area contributed by atoms with Crippen LogP contribution in [0.15, 0.2) is 30.7 Å². The monoisotopic (exact) mass is 245 g/mol. The first-order chi connectivity index (χ1) is 8.70. The van der Waals surface area contributed by atoms with Gasteiger partial charge in [0.25, 0.3) is 5.91 Å². The van der Waals surface area contributed by atoms with Gasteiger partial charge < -0.3 is 10.6 Å². The lowest BCUT2D eigenvalue weighted by molar-refractivity contribution is 0.0935. The molecule has 1 amide bonds. The number of pyridine rings is 1. The van der Waals surface area contributed by atoms with Crippen molar-refractivity contribution in [2.45, 2.75) is 13.0 Å². The molecular formula is C12H15N5O. The maximum atomic E-state index is 11.9. The number of hydrogen-bond donors (Lipinski definition) is 3. The molecule has 0 saturated carbocycles. The highest BCUT2D eigenvalue weighted by Crippen LogP contribution is 2.11. The highest BCUT2D eigenvalue weighted by molar-refractivity contribution is 5.92. The summed E-state index contributed by atoms with van der Waals surface area (Å²) >= 11 is 0. The number of anilines is 1. The third-order valence-corrected chi connectivity index (χ3v) is 2.65. The zero-order chi connectivity index (χ0) is 13.0. The predicted molar refractivity (Wildman–Crippen MR) is 68.3 cm³/mol. The predicted octanol–water partition coefficient (Wildman–Crippen LogP) is 1.34. The molecule has 0 radical (unpaired) electrons. The summed E-state index contributed by atoms with van der Waals surface area (Å²) in [5, 5.41) is 12.4. The van der Waals surface area contributed by atoms with E-state index in [2.05, 4.69) is 25.8 Å². The Kier molecular flexibility index (Phi) is 3.57. The standard InChI is InChI=1S/C12H15N5O/c1-8(9-5-15-16-6-9)17-12(18)11-4-3-10(13-2)7-14-11/h3-8,13H,1-2H3,(H,15,16)(H,17,18). The molecule has 6 heteroatoms. The van der Waals surface area contributed by atoms with Crippen LogP contribution >= 0.6 is 0 Å². The topological polar surface area (TPSA) is 82.7 Å². The van der Waals surface area contributed by atoms with E-state index in [0.29, 0.717) is 5.69 Å². The Bertz CT molecular complexity index is 506. The van der Waals surface area contributed by atoms with Crippen LogP contribution in [-0.2, 0) is 0 Å². The van der Waals surface area contributed by atoms with Gasteiger partial charge >= 0.3 is 0 Å². The minimum Gasteiger partial charge on any atom is -0.387 e. The molecule has 0 aromatic carbocycles. The average molecular weight is 245 g/mol. The van der Waals surface area contributed by atoms with Crippen LogP contribution < -0.4 is 10.6 Å². The summed E-state index contributed by atoms with van der Waals surface area (Å²) in [5.74, 6) is -0.202.